The van der Waals surface area contributed by atoms with E-state index in [2.05, 4.69) is 5.32 Å². The number of aryl methyl sites for hydroxylation is 2. The molecule has 1 unspecified atom stereocenters. The normalized spacial score (nSPS) is 16.9. The number of hydrogen-bond acceptors (Lipinski definition) is 5. The summed E-state index contributed by atoms with van der Waals surface area (Å²) in [6.07, 6.45) is 2.93. The Labute approximate surface area is 197 Å². The van der Waals surface area contributed by atoms with E-state index >= 15 is 0 Å². The molecule has 0 bridgehead atoms. The maximum absolute atomic E-state index is 13.6. The van der Waals surface area contributed by atoms with Crippen LogP contribution in [0, 0.1) is 6.92 Å². The predicted molar refractivity (Wildman–Crippen MR) is 129 cm³/mol. The number of halogens is 1. The molecule has 1 fully saturated rings. The molecule has 3 aromatic rings. The molecule has 4 rings (SSSR count). The van der Waals surface area contributed by atoms with Crippen LogP contribution in [0.1, 0.15) is 58.4 Å². The summed E-state index contributed by atoms with van der Waals surface area (Å²) in [7, 11) is 0. The smallest absolute Gasteiger partial charge is 0.407 e. The first-order valence-electron chi connectivity index (χ1n) is 11.4. The molecular weight excluding hydrogens is 444 g/mol. The Morgan fingerprint density at radius 1 is 1.33 bits per heavy atom. The zero-order valence-electron chi connectivity index (χ0n) is 19.6. The molecule has 1 aliphatic heterocycles. The Morgan fingerprint density at radius 2 is 2.12 bits per heavy atom. The fourth-order valence-electron chi connectivity index (χ4n) is 4.30. The lowest BCUT2D eigenvalue weighted by Crippen LogP contribution is -2.33. The van der Waals surface area contributed by atoms with Gasteiger partial charge in [0.05, 0.1) is 16.6 Å². The molecule has 9 heteroatoms. The second-order valence-corrected chi connectivity index (χ2v) is 9.91. The summed E-state index contributed by atoms with van der Waals surface area (Å²) in [6, 6.07) is 5.48. The number of amides is 1. The van der Waals surface area contributed by atoms with Gasteiger partial charge in [-0.2, -0.15) is 5.10 Å². The minimum atomic E-state index is -0.554. The summed E-state index contributed by atoms with van der Waals surface area (Å²) in [4.78, 5) is 25.5. The minimum absolute atomic E-state index is 0.100. The summed E-state index contributed by atoms with van der Waals surface area (Å²) in [5, 5.41) is 9.55. The van der Waals surface area contributed by atoms with E-state index in [9.17, 15) is 9.59 Å². The van der Waals surface area contributed by atoms with Crippen molar-refractivity contribution >= 4 is 39.5 Å². The van der Waals surface area contributed by atoms with Crippen molar-refractivity contribution in [3.63, 3.8) is 0 Å². The van der Waals surface area contributed by atoms with Crippen molar-refractivity contribution in [2.45, 2.75) is 71.8 Å². The van der Waals surface area contributed by atoms with Gasteiger partial charge in [0.1, 0.15) is 17.3 Å². The molecule has 2 aromatic heterocycles. The lowest BCUT2D eigenvalue weighted by molar-refractivity contribution is -0.0402. The van der Waals surface area contributed by atoms with Crippen LogP contribution in [0.25, 0.3) is 21.8 Å². The van der Waals surface area contributed by atoms with E-state index in [4.69, 9.17) is 26.2 Å². The van der Waals surface area contributed by atoms with Crippen LogP contribution >= 0.6 is 11.6 Å². The first kappa shape index (κ1) is 23.6. The summed E-state index contributed by atoms with van der Waals surface area (Å²) in [6.45, 7) is 8.90. The van der Waals surface area contributed by atoms with Crippen LogP contribution in [-0.4, -0.2) is 39.2 Å². The van der Waals surface area contributed by atoms with Gasteiger partial charge in [0, 0.05) is 30.1 Å². The third-order valence-electron chi connectivity index (χ3n) is 5.77. The van der Waals surface area contributed by atoms with Crippen molar-refractivity contribution < 1.29 is 14.3 Å². The number of carbonyl (C=O) groups is 1. The van der Waals surface area contributed by atoms with Gasteiger partial charge in [-0.3, -0.25) is 4.79 Å². The molecule has 0 aliphatic carbocycles. The van der Waals surface area contributed by atoms with Crippen molar-refractivity contribution in [3.05, 3.63) is 39.3 Å². The van der Waals surface area contributed by atoms with Crippen molar-refractivity contribution in [2.24, 2.45) is 0 Å². The van der Waals surface area contributed by atoms with Crippen LogP contribution in [-0.2, 0) is 16.0 Å². The lowest BCUT2D eigenvalue weighted by Gasteiger charge is -2.23. The maximum atomic E-state index is 13.6. The molecule has 1 amide bonds. The Balaban J connectivity index is 1.67. The van der Waals surface area contributed by atoms with E-state index in [1.165, 1.54) is 0 Å². The van der Waals surface area contributed by atoms with Gasteiger partial charge in [-0.1, -0.05) is 11.6 Å². The molecule has 1 saturated heterocycles. The van der Waals surface area contributed by atoms with Crippen LogP contribution in [0.5, 0.6) is 0 Å². The third kappa shape index (κ3) is 5.01. The molecule has 0 saturated carbocycles. The SMILES string of the molecule is Cc1c2c(=O)n(CCCNC(=O)OC(C)(C)C)c3ccc(Cl)cc3c2nn1C1CCCCO1. The third-order valence-corrected chi connectivity index (χ3v) is 6.00. The number of benzene rings is 1. The van der Waals surface area contributed by atoms with E-state index in [1.54, 1.807) is 10.6 Å². The first-order valence-corrected chi connectivity index (χ1v) is 11.8. The number of ether oxygens (including phenoxy) is 2. The molecule has 178 valence electrons. The number of nitrogens with zero attached hydrogens (tertiary/aromatic N) is 3. The molecule has 8 nitrogen and oxygen atoms in total. The van der Waals surface area contributed by atoms with Gasteiger partial charge >= 0.3 is 6.09 Å². The second kappa shape index (κ2) is 9.35. The number of aromatic nitrogens is 3. The highest BCUT2D eigenvalue weighted by Gasteiger charge is 2.24. The van der Waals surface area contributed by atoms with Crippen molar-refractivity contribution in [2.75, 3.05) is 13.2 Å². The summed E-state index contributed by atoms with van der Waals surface area (Å²) >= 11 is 6.31. The van der Waals surface area contributed by atoms with E-state index in [0.29, 0.717) is 42.0 Å². The Bertz CT molecular complexity index is 1240. The number of rotatable bonds is 5. The summed E-state index contributed by atoms with van der Waals surface area (Å²) < 4.78 is 14.8. The zero-order valence-corrected chi connectivity index (χ0v) is 20.4. The second-order valence-electron chi connectivity index (χ2n) is 9.48. The predicted octanol–water partition coefficient (Wildman–Crippen LogP) is 4.93. The molecule has 3 heterocycles. The first-order chi connectivity index (χ1) is 15.7. The highest BCUT2D eigenvalue weighted by molar-refractivity contribution is 6.31. The maximum Gasteiger partial charge on any atom is 0.407 e. The molecular formula is C24H31ClN4O4. The topological polar surface area (TPSA) is 87.4 Å². The molecule has 0 spiro atoms. The molecule has 1 atom stereocenters. The van der Waals surface area contributed by atoms with E-state index in [-0.39, 0.29) is 11.8 Å². The van der Waals surface area contributed by atoms with Gasteiger partial charge in [-0.05, 0) is 71.6 Å². The van der Waals surface area contributed by atoms with Crippen LogP contribution in [0.15, 0.2) is 23.0 Å². The van der Waals surface area contributed by atoms with Crippen LogP contribution in [0.2, 0.25) is 5.02 Å². The number of nitrogens with one attached hydrogen (secondary N) is 1. The highest BCUT2D eigenvalue weighted by atomic mass is 35.5. The number of alkyl carbamates (subject to hydrolysis) is 1. The summed E-state index contributed by atoms with van der Waals surface area (Å²) in [5.74, 6) is 0. The fraction of sp³-hybridized carbons (Fsp3) is 0.542. The Kier molecular flexibility index (Phi) is 6.68. The van der Waals surface area contributed by atoms with Gasteiger partial charge in [0.15, 0.2) is 0 Å². The average molecular weight is 475 g/mol. The highest BCUT2D eigenvalue weighted by Crippen LogP contribution is 2.30. The Morgan fingerprint density at radius 3 is 2.82 bits per heavy atom. The monoisotopic (exact) mass is 474 g/mol. The molecule has 33 heavy (non-hydrogen) atoms. The molecule has 0 radical (unpaired) electrons. The van der Waals surface area contributed by atoms with Crippen LogP contribution in [0.3, 0.4) is 0 Å². The van der Waals surface area contributed by atoms with Crippen molar-refractivity contribution in [1.29, 1.82) is 0 Å². The Hall–Kier alpha value is -2.58. The number of pyridine rings is 1. The number of fused-ring (bicyclic) bond motifs is 3. The van der Waals surface area contributed by atoms with Crippen LogP contribution < -0.4 is 10.9 Å². The lowest BCUT2D eigenvalue weighted by atomic mass is 10.1. The van der Waals surface area contributed by atoms with Gasteiger partial charge in [-0.25, -0.2) is 9.48 Å². The number of carbonyl (C=O) groups excluding carboxylic acids is 1. The van der Waals surface area contributed by atoms with Gasteiger partial charge in [0.2, 0.25) is 0 Å². The molecule has 1 aliphatic rings. The molecule has 1 N–H and O–H groups in total. The molecule has 1 aromatic carbocycles. The van der Waals surface area contributed by atoms with E-state index in [1.807, 2.05) is 44.5 Å². The van der Waals surface area contributed by atoms with Crippen molar-refractivity contribution in [1.82, 2.24) is 19.7 Å². The van der Waals surface area contributed by atoms with E-state index < -0.39 is 11.7 Å². The average Bonchev–Trinajstić information content (AvgIpc) is 3.10. The van der Waals surface area contributed by atoms with Gasteiger partial charge in [0.25, 0.3) is 5.56 Å². The van der Waals surface area contributed by atoms with Crippen LogP contribution in [0.4, 0.5) is 4.79 Å². The standard InChI is InChI=1S/C24H31ClN4O4/c1-15-20-21(27-29(15)19-8-5-6-13-32-19)17-14-16(25)9-10-18(17)28(22(20)30)12-7-11-26-23(31)33-24(2,3)4/h9-10,14,19H,5-8,11-13H2,1-4H3,(H,26,31). The van der Waals surface area contributed by atoms with Gasteiger partial charge in [-0.15, -0.1) is 0 Å². The van der Waals surface area contributed by atoms with Gasteiger partial charge < -0.3 is 19.4 Å². The van der Waals surface area contributed by atoms with E-state index in [0.717, 1.165) is 35.9 Å². The summed E-state index contributed by atoms with van der Waals surface area (Å²) in [5.41, 5.74) is 1.55. The minimum Gasteiger partial charge on any atom is -0.444 e. The largest absolute Gasteiger partial charge is 0.444 e. The fourth-order valence-corrected chi connectivity index (χ4v) is 4.47. The van der Waals surface area contributed by atoms with Crippen molar-refractivity contribution in [3.8, 4) is 0 Å². The quantitative estimate of drug-likeness (QED) is 0.530. The number of hydrogen-bond donors (Lipinski definition) is 1. The zero-order chi connectivity index (χ0) is 23.8.